The van der Waals surface area contributed by atoms with Gasteiger partial charge in [0, 0.05) is 25.2 Å². The summed E-state index contributed by atoms with van der Waals surface area (Å²) in [5.41, 5.74) is 1.23. The molecule has 0 radical (unpaired) electrons. The number of rotatable bonds is 4. The van der Waals surface area contributed by atoms with E-state index in [1.54, 1.807) is 6.07 Å². The van der Waals surface area contributed by atoms with Crippen molar-refractivity contribution in [3.63, 3.8) is 0 Å². The van der Waals surface area contributed by atoms with E-state index in [9.17, 15) is 4.79 Å². The Morgan fingerprint density at radius 2 is 2.08 bits per heavy atom. The van der Waals surface area contributed by atoms with E-state index >= 15 is 0 Å². The second-order valence-electron chi connectivity index (χ2n) is 7.22. The van der Waals surface area contributed by atoms with Crippen LogP contribution in [0, 0.1) is 0 Å². The number of hydrogen-bond acceptors (Lipinski definition) is 5. The number of nitrogens with one attached hydrogen (secondary N) is 1. The first-order valence-electron chi connectivity index (χ1n) is 9.47. The quantitative estimate of drug-likeness (QED) is 0.912. The second kappa shape index (κ2) is 7.50. The zero-order valence-corrected chi connectivity index (χ0v) is 15.2. The third-order valence-electron chi connectivity index (χ3n) is 5.34. The SMILES string of the molecule is CC1COCCN1c1cc(=O)[nH]c(N2CCCC2Cc2ccccc2)n1. The van der Waals surface area contributed by atoms with Crippen molar-refractivity contribution in [3.8, 4) is 0 Å². The number of anilines is 2. The molecule has 2 aromatic rings. The minimum atomic E-state index is -0.0888. The molecule has 4 rings (SSSR count). The monoisotopic (exact) mass is 354 g/mol. The van der Waals surface area contributed by atoms with E-state index in [1.807, 2.05) is 6.07 Å². The normalized spacial score (nSPS) is 23.4. The highest BCUT2D eigenvalue weighted by Crippen LogP contribution is 2.26. The molecule has 2 fully saturated rings. The summed E-state index contributed by atoms with van der Waals surface area (Å²) in [5.74, 6) is 1.45. The van der Waals surface area contributed by atoms with E-state index in [0.717, 1.165) is 38.2 Å². The van der Waals surface area contributed by atoms with Crippen LogP contribution < -0.4 is 15.4 Å². The first-order valence-corrected chi connectivity index (χ1v) is 9.47. The van der Waals surface area contributed by atoms with Gasteiger partial charge in [-0.15, -0.1) is 0 Å². The van der Waals surface area contributed by atoms with Crippen molar-refractivity contribution >= 4 is 11.8 Å². The molecule has 3 heterocycles. The van der Waals surface area contributed by atoms with Gasteiger partial charge in [-0.05, 0) is 31.7 Å². The van der Waals surface area contributed by atoms with Gasteiger partial charge in [0.15, 0.2) is 0 Å². The zero-order valence-electron chi connectivity index (χ0n) is 15.2. The van der Waals surface area contributed by atoms with Crippen LogP contribution in [-0.2, 0) is 11.2 Å². The van der Waals surface area contributed by atoms with Crippen LogP contribution in [0.1, 0.15) is 25.3 Å². The molecule has 1 aromatic carbocycles. The molecule has 1 aromatic heterocycles. The summed E-state index contributed by atoms with van der Waals surface area (Å²) < 4.78 is 5.51. The number of hydrogen-bond donors (Lipinski definition) is 1. The lowest BCUT2D eigenvalue weighted by Crippen LogP contribution is -2.45. The molecular weight excluding hydrogens is 328 g/mol. The number of morpholine rings is 1. The smallest absolute Gasteiger partial charge is 0.254 e. The summed E-state index contributed by atoms with van der Waals surface area (Å²) >= 11 is 0. The first kappa shape index (κ1) is 17.1. The third-order valence-corrected chi connectivity index (χ3v) is 5.34. The summed E-state index contributed by atoms with van der Waals surface area (Å²) in [5, 5.41) is 0. The fraction of sp³-hybridized carbons (Fsp3) is 0.500. The highest BCUT2D eigenvalue weighted by atomic mass is 16.5. The van der Waals surface area contributed by atoms with Gasteiger partial charge in [-0.2, -0.15) is 4.98 Å². The molecule has 0 spiro atoms. The van der Waals surface area contributed by atoms with E-state index < -0.39 is 0 Å². The van der Waals surface area contributed by atoms with Crippen LogP contribution in [0.2, 0.25) is 0 Å². The predicted octanol–water partition coefficient (Wildman–Crippen LogP) is 2.21. The molecule has 138 valence electrons. The maximum Gasteiger partial charge on any atom is 0.254 e. The topological polar surface area (TPSA) is 61.5 Å². The van der Waals surface area contributed by atoms with Crippen LogP contribution in [0.5, 0.6) is 0 Å². The van der Waals surface area contributed by atoms with Crippen LogP contribution in [0.4, 0.5) is 11.8 Å². The van der Waals surface area contributed by atoms with Gasteiger partial charge in [-0.3, -0.25) is 9.78 Å². The molecule has 6 nitrogen and oxygen atoms in total. The maximum absolute atomic E-state index is 12.3. The Bertz CT molecular complexity index is 792. The van der Waals surface area contributed by atoms with Gasteiger partial charge in [-0.25, -0.2) is 0 Å². The number of benzene rings is 1. The van der Waals surface area contributed by atoms with Crippen molar-refractivity contribution in [3.05, 3.63) is 52.3 Å². The van der Waals surface area contributed by atoms with Gasteiger partial charge in [0.1, 0.15) is 5.82 Å². The van der Waals surface area contributed by atoms with Crippen molar-refractivity contribution in [2.24, 2.45) is 0 Å². The first-order chi connectivity index (χ1) is 12.7. The van der Waals surface area contributed by atoms with Gasteiger partial charge in [0.2, 0.25) is 5.95 Å². The maximum atomic E-state index is 12.3. The fourth-order valence-electron chi connectivity index (χ4n) is 4.00. The van der Waals surface area contributed by atoms with E-state index in [4.69, 9.17) is 9.72 Å². The molecule has 26 heavy (non-hydrogen) atoms. The van der Waals surface area contributed by atoms with Gasteiger partial charge < -0.3 is 14.5 Å². The van der Waals surface area contributed by atoms with E-state index in [-0.39, 0.29) is 11.6 Å². The molecular formula is C20H26N4O2. The van der Waals surface area contributed by atoms with Crippen molar-refractivity contribution in [1.29, 1.82) is 0 Å². The van der Waals surface area contributed by atoms with Gasteiger partial charge in [0.05, 0.1) is 19.3 Å². The van der Waals surface area contributed by atoms with E-state index in [1.165, 1.54) is 5.56 Å². The van der Waals surface area contributed by atoms with Crippen LogP contribution in [0.15, 0.2) is 41.2 Å². The summed E-state index contributed by atoms with van der Waals surface area (Å²) in [6, 6.07) is 12.7. The minimum absolute atomic E-state index is 0.0888. The summed E-state index contributed by atoms with van der Waals surface area (Å²) in [6.07, 6.45) is 3.22. The number of nitrogens with zero attached hydrogens (tertiary/aromatic N) is 3. The Labute approximate surface area is 153 Å². The predicted molar refractivity (Wildman–Crippen MR) is 103 cm³/mol. The van der Waals surface area contributed by atoms with E-state index in [2.05, 4.69) is 46.0 Å². The van der Waals surface area contributed by atoms with Crippen molar-refractivity contribution in [2.45, 2.75) is 38.3 Å². The highest BCUT2D eigenvalue weighted by molar-refractivity contribution is 5.46. The van der Waals surface area contributed by atoms with E-state index in [0.29, 0.717) is 25.2 Å². The standard InChI is InChI=1S/C20H26N4O2/c1-15-14-26-11-10-23(15)18-13-19(25)22-20(21-18)24-9-5-8-17(24)12-16-6-3-2-4-7-16/h2-4,6-7,13,15,17H,5,8-12,14H2,1H3,(H,21,22,25). The largest absolute Gasteiger partial charge is 0.377 e. The zero-order chi connectivity index (χ0) is 17.9. The molecule has 1 N–H and O–H groups in total. The molecule has 6 heteroatoms. The number of H-pyrrole nitrogens is 1. The number of ether oxygens (including phenoxy) is 1. The molecule has 0 amide bonds. The van der Waals surface area contributed by atoms with Crippen LogP contribution in [0.25, 0.3) is 0 Å². The lowest BCUT2D eigenvalue weighted by atomic mass is 10.0. The van der Waals surface area contributed by atoms with Crippen LogP contribution >= 0.6 is 0 Å². The minimum Gasteiger partial charge on any atom is -0.377 e. The van der Waals surface area contributed by atoms with Gasteiger partial charge >= 0.3 is 0 Å². The third kappa shape index (κ3) is 3.60. The molecule has 0 saturated carbocycles. The molecule has 2 aliphatic rings. The van der Waals surface area contributed by atoms with Crippen molar-refractivity contribution in [1.82, 2.24) is 9.97 Å². The Morgan fingerprint density at radius 1 is 1.23 bits per heavy atom. The van der Waals surface area contributed by atoms with Crippen LogP contribution in [-0.4, -0.2) is 48.4 Å². The number of aromatic nitrogens is 2. The lowest BCUT2D eigenvalue weighted by Gasteiger charge is -2.35. The molecule has 2 aliphatic heterocycles. The Kier molecular flexibility index (Phi) is 4.93. The molecule has 2 atom stereocenters. The molecule has 0 aliphatic carbocycles. The van der Waals surface area contributed by atoms with Gasteiger partial charge in [-0.1, -0.05) is 30.3 Å². The van der Waals surface area contributed by atoms with Crippen molar-refractivity contribution < 1.29 is 4.74 Å². The Hall–Kier alpha value is -2.34. The molecule has 2 unspecified atom stereocenters. The number of aromatic amines is 1. The summed E-state index contributed by atoms with van der Waals surface area (Å²) in [7, 11) is 0. The summed E-state index contributed by atoms with van der Waals surface area (Å²) in [6.45, 7) is 5.15. The lowest BCUT2D eigenvalue weighted by molar-refractivity contribution is 0.0985. The van der Waals surface area contributed by atoms with Crippen molar-refractivity contribution in [2.75, 3.05) is 36.1 Å². The average molecular weight is 354 g/mol. The fourth-order valence-corrected chi connectivity index (χ4v) is 4.00. The molecule has 0 bridgehead atoms. The Morgan fingerprint density at radius 3 is 2.88 bits per heavy atom. The van der Waals surface area contributed by atoms with Crippen LogP contribution in [0.3, 0.4) is 0 Å². The Balaban J connectivity index is 1.59. The van der Waals surface area contributed by atoms with Gasteiger partial charge in [0.25, 0.3) is 5.56 Å². The average Bonchev–Trinajstić information content (AvgIpc) is 3.10. The summed E-state index contributed by atoms with van der Waals surface area (Å²) in [4.78, 5) is 24.5. The molecule has 2 saturated heterocycles. The second-order valence-corrected chi connectivity index (χ2v) is 7.22. The highest BCUT2D eigenvalue weighted by Gasteiger charge is 2.28.